The molecule has 0 saturated carbocycles. The van der Waals surface area contributed by atoms with Crippen molar-refractivity contribution in [3.63, 3.8) is 0 Å². The Kier molecular flexibility index (Phi) is 17.8. The van der Waals surface area contributed by atoms with Gasteiger partial charge in [0, 0.05) is 68.2 Å². The third-order valence-electron chi connectivity index (χ3n) is 5.87. The van der Waals surface area contributed by atoms with E-state index in [4.69, 9.17) is 27.5 Å². The van der Waals surface area contributed by atoms with Crippen LogP contribution in [0.15, 0.2) is 0 Å². The summed E-state index contributed by atoms with van der Waals surface area (Å²) in [7, 11) is 6.03. The van der Waals surface area contributed by atoms with Gasteiger partial charge in [0.15, 0.2) is 0 Å². The Bertz CT molecular complexity index is 462. The van der Waals surface area contributed by atoms with Crippen LogP contribution in [-0.2, 0) is 32.3 Å². The fourth-order valence-corrected chi connectivity index (χ4v) is 6.86. The van der Waals surface area contributed by atoms with Crippen LogP contribution in [0.3, 0.4) is 0 Å². The topological polar surface area (TPSA) is 95.9 Å². The summed E-state index contributed by atoms with van der Waals surface area (Å²) in [4.78, 5) is 14.8. The predicted molar refractivity (Wildman–Crippen MR) is 129 cm³/mol. The van der Waals surface area contributed by atoms with E-state index in [0.717, 1.165) is 38.1 Å². The third-order valence-corrected chi connectivity index (χ3v) is 11.0. The van der Waals surface area contributed by atoms with E-state index in [0.29, 0.717) is 32.0 Å². The molecule has 0 aliphatic heterocycles. The lowest BCUT2D eigenvalue weighted by Gasteiger charge is -2.30. The van der Waals surface area contributed by atoms with Gasteiger partial charge in [-0.05, 0) is 25.7 Å². The van der Waals surface area contributed by atoms with E-state index in [1.807, 2.05) is 4.90 Å². The molecule has 11 heteroatoms. The molecule has 0 aliphatic carbocycles. The zero-order valence-corrected chi connectivity index (χ0v) is 23.7. The number of hydrogen-bond donors (Lipinski definition) is 1. The number of unbranched alkanes of at least 4 members (excludes halogenated alkanes) is 1. The highest BCUT2D eigenvalue weighted by atomic mass is 28.4. The number of carbonyl (C=O) groups excluding carboxylic acids is 1. The van der Waals surface area contributed by atoms with Crippen molar-refractivity contribution >= 4 is 24.2 Å². The molecule has 0 aliphatic rings. The summed E-state index contributed by atoms with van der Waals surface area (Å²) in [6, 6.07) is 1.54. The van der Waals surface area contributed by atoms with Crippen molar-refractivity contribution < 1.29 is 37.4 Å². The predicted octanol–water partition coefficient (Wildman–Crippen LogP) is 1.94. The average Bonchev–Trinajstić information content (AvgIpc) is 2.83. The van der Waals surface area contributed by atoms with Gasteiger partial charge in [0.25, 0.3) is 0 Å². The van der Waals surface area contributed by atoms with Gasteiger partial charge in [-0.25, -0.2) is 0 Å². The van der Waals surface area contributed by atoms with E-state index in [1.165, 1.54) is 0 Å². The van der Waals surface area contributed by atoms with Gasteiger partial charge >= 0.3 is 8.80 Å². The first-order valence-electron chi connectivity index (χ1n) is 11.6. The van der Waals surface area contributed by atoms with Crippen LogP contribution in [0.1, 0.15) is 51.9 Å². The van der Waals surface area contributed by atoms with E-state index < -0.39 is 30.0 Å². The van der Waals surface area contributed by atoms with Crippen molar-refractivity contribution in [2.24, 2.45) is 0 Å². The average molecular weight is 498 g/mol. The van der Waals surface area contributed by atoms with Crippen LogP contribution < -0.4 is 0 Å². The zero-order valence-electron chi connectivity index (χ0n) is 21.3. The van der Waals surface area contributed by atoms with E-state index in [-0.39, 0.29) is 5.91 Å². The molecule has 192 valence electrons. The molecule has 0 radical (unpaired) electrons. The molecule has 9 nitrogen and oxygen atoms in total. The molecule has 1 atom stereocenters. The van der Waals surface area contributed by atoms with Gasteiger partial charge in [-0.3, -0.25) is 4.79 Å². The largest absolute Gasteiger partial charge is 0.500 e. The Balaban J connectivity index is 4.85. The van der Waals surface area contributed by atoms with Gasteiger partial charge in [0.05, 0.1) is 6.10 Å². The fraction of sp³-hybridized carbons (Fsp3) is 0.952. The number of nitrogens with zero attached hydrogens (tertiary/aromatic N) is 1. The molecule has 0 spiro atoms. The molecule has 1 amide bonds. The van der Waals surface area contributed by atoms with Crippen molar-refractivity contribution in [3.05, 3.63) is 0 Å². The monoisotopic (exact) mass is 497 g/mol. The Morgan fingerprint density at radius 2 is 1.50 bits per heavy atom. The van der Waals surface area contributed by atoms with Gasteiger partial charge in [-0.1, -0.05) is 25.8 Å². The maximum Gasteiger partial charge on any atom is 0.500 e. The lowest BCUT2D eigenvalue weighted by atomic mass is 10.1. The summed E-state index contributed by atoms with van der Waals surface area (Å²) < 4.78 is 32.7. The summed E-state index contributed by atoms with van der Waals surface area (Å²) in [5.74, 6) is 0.0678. The number of hydrogen-bond acceptors (Lipinski definition) is 8. The molecular weight excluding hydrogens is 450 g/mol. The van der Waals surface area contributed by atoms with Crippen LogP contribution in [0.2, 0.25) is 12.1 Å². The van der Waals surface area contributed by atoms with E-state index in [9.17, 15) is 9.90 Å². The normalized spacial score (nSPS) is 13.8. The van der Waals surface area contributed by atoms with Gasteiger partial charge in [0.2, 0.25) is 11.5 Å². The number of ether oxygens (including phenoxy) is 3. The molecule has 0 heterocycles. The number of aliphatic hydroxyl groups is 1. The van der Waals surface area contributed by atoms with Crippen molar-refractivity contribution in [1.82, 2.24) is 4.90 Å². The highest BCUT2D eigenvalue weighted by Crippen LogP contribution is 2.17. The summed E-state index contributed by atoms with van der Waals surface area (Å²) in [5, 5.41) is 10.1. The molecule has 1 N–H and O–H groups in total. The molecule has 0 fully saturated rings. The van der Waals surface area contributed by atoms with Gasteiger partial charge in [-0.2, -0.15) is 0 Å². The SMILES string of the molecule is CCCCC(O)CCC(=O)N(CCC[SiH2]C(OC)(OC)OC)CCC[Si](OC)(OC)OC. The molecule has 0 aromatic rings. The summed E-state index contributed by atoms with van der Waals surface area (Å²) in [6.45, 7) is 3.34. The van der Waals surface area contributed by atoms with Crippen LogP contribution in [-0.4, -0.2) is 102 Å². The number of methoxy groups -OCH3 is 3. The van der Waals surface area contributed by atoms with Crippen LogP contribution in [0, 0.1) is 0 Å². The Labute approximate surface area is 198 Å². The first-order valence-corrected chi connectivity index (χ1v) is 15.2. The second-order valence-electron chi connectivity index (χ2n) is 7.87. The van der Waals surface area contributed by atoms with E-state index >= 15 is 0 Å². The van der Waals surface area contributed by atoms with Gasteiger partial charge < -0.3 is 37.5 Å². The second kappa shape index (κ2) is 18.0. The van der Waals surface area contributed by atoms with Gasteiger partial charge in [-0.15, -0.1) is 0 Å². The van der Waals surface area contributed by atoms with Crippen LogP contribution >= 0.6 is 0 Å². The highest BCUT2D eigenvalue weighted by Gasteiger charge is 2.37. The van der Waals surface area contributed by atoms with Crippen molar-refractivity contribution in [2.75, 3.05) is 55.7 Å². The number of rotatable bonds is 21. The highest BCUT2D eigenvalue weighted by molar-refractivity contribution is 6.60. The molecule has 0 aromatic heterocycles. The fourth-order valence-electron chi connectivity index (χ4n) is 3.64. The smallest absolute Gasteiger partial charge is 0.393 e. The van der Waals surface area contributed by atoms with Crippen molar-refractivity contribution in [2.45, 2.75) is 75.7 Å². The summed E-state index contributed by atoms with van der Waals surface area (Å²) in [6.07, 6.45) is 4.75. The molecular formula is C21H47NO8Si2. The first-order chi connectivity index (χ1) is 15.3. The maximum absolute atomic E-state index is 12.9. The minimum absolute atomic E-state index is 0.0678. The standard InChI is InChI=1S/C21H47NO8Si2/c1-8-9-12-19(23)13-14-20(24)22(16-11-18-32(28-5,29-6)30-7)15-10-17-31-21(25-2,26-3)27-4/h19,23H,8-18,31H2,1-7H3. The molecule has 0 rings (SSSR count). The number of carbonyl (C=O) groups is 1. The molecule has 0 aromatic carbocycles. The Morgan fingerprint density at radius 1 is 0.938 bits per heavy atom. The molecule has 1 unspecified atom stereocenters. The van der Waals surface area contributed by atoms with Crippen molar-refractivity contribution in [3.8, 4) is 0 Å². The Morgan fingerprint density at radius 3 is 2.00 bits per heavy atom. The minimum Gasteiger partial charge on any atom is -0.393 e. The third kappa shape index (κ3) is 11.7. The van der Waals surface area contributed by atoms with Crippen LogP contribution in [0.5, 0.6) is 0 Å². The van der Waals surface area contributed by atoms with E-state index in [2.05, 4.69) is 6.92 Å². The summed E-state index contributed by atoms with van der Waals surface area (Å²) >= 11 is 0. The number of aliphatic hydroxyl groups excluding tert-OH is 1. The lowest BCUT2D eigenvalue weighted by Crippen LogP contribution is -2.44. The van der Waals surface area contributed by atoms with E-state index in [1.54, 1.807) is 42.7 Å². The summed E-state index contributed by atoms with van der Waals surface area (Å²) in [5.41, 5.74) is -0.918. The second-order valence-corrected chi connectivity index (χ2v) is 13.0. The van der Waals surface area contributed by atoms with Crippen molar-refractivity contribution in [1.29, 1.82) is 0 Å². The lowest BCUT2D eigenvalue weighted by molar-refractivity contribution is -0.294. The first kappa shape index (κ1) is 31.6. The zero-order chi connectivity index (χ0) is 24.5. The minimum atomic E-state index is -2.67. The van der Waals surface area contributed by atoms with Crippen LogP contribution in [0.4, 0.5) is 0 Å². The molecule has 32 heavy (non-hydrogen) atoms. The quantitative estimate of drug-likeness (QED) is 0.146. The number of amides is 1. The maximum atomic E-state index is 12.9. The van der Waals surface area contributed by atoms with Crippen LogP contribution in [0.25, 0.3) is 0 Å². The molecule has 0 saturated heterocycles. The van der Waals surface area contributed by atoms with Gasteiger partial charge in [0.1, 0.15) is 9.52 Å². The molecule has 0 bridgehead atoms. The Hall–Kier alpha value is -0.376.